The minimum absolute atomic E-state index is 0.161. The van der Waals surface area contributed by atoms with E-state index in [2.05, 4.69) is 11.0 Å². The highest BCUT2D eigenvalue weighted by Gasteiger charge is 2.30. The second kappa shape index (κ2) is 6.53. The summed E-state index contributed by atoms with van der Waals surface area (Å²) in [7, 11) is 0. The van der Waals surface area contributed by atoms with Gasteiger partial charge in [0.1, 0.15) is 0 Å². The van der Waals surface area contributed by atoms with E-state index in [1.807, 2.05) is 32.0 Å². The number of hydrogen-bond donors (Lipinski definition) is 0. The van der Waals surface area contributed by atoms with Crippen LogP contribution in [0.1, 0.15) is 36.5 Å². The van der Waals surface area contributed by atoms with Gasteiger partial charge in [-0.05, 0) is 49.9 Å². The van der Waals surface area contributed by atoms with E-state index in [1.54, 1.807) is 0 Å². The second-order valence-corrected chi connectivity index (χ2v) is 5.19. The number of esters is 1. The Bertz CT molecular complexity index is 530. The van der Waals surface area contributed by atoms with Crippen molar-refractivity contribution in [2.24, 2.45) is 0 Å². The number of aryl methyl sites for hydroxylation is 1. The molecule has 0 atom stereocenters. The van der Waals surface area contributed by atoms with Crippen LogP contribution < -0.4 is 0 Å². The fourth-order valence-electron chi connectivity index (χ4n) is 2.29. The van der Waals surface area contributed by atoms with Crippen molar-refractivity contribution in [1.82, 2.24) is 4.90 Å². The average molecular weight is 272 g/mol. The first kappa shape index (κ1) is 14.5. The van der Waals surface area contributed by atoms with Gasteiger partial charge in [-0.1, -0.05) is 6.07 Å². The van der Waals surface area contributed by atoms with Gasteiger partial charge in [-0.3, -0.25) is 9.69 Å². The van der Waals surface area contributed by atoms with Crippen molar-refractivity contribution in [3.05, 3.63) is 34.9 Å². The van der Waals surface area contributed by atoms with Gasteiger partial charge in [0.15, 0.2) is 0 Å². The number of hydrogen-bond acceptors (Lipinski definition) is 4. The molecular formula is C16H20N2O2. The van der Waals surface area contributed by atoms with E-state index in [9.17, 15) is 4.79 Å². The standard InChI is InChI=1S/C16H20N2O2/c1-3-20-16(19)11-18(15-6-7-15)10-14-5-4-13(9-17)8-12(14)2/h4-5,8,15H,3,6-7,10-11H2,1-2H3. The minimum atomic E-state index is -0.161. The Hall–Kier alpha value is -1.86. The fraction of sp³-hybridized carbons (Fsp3) is 0.500. The molecule has 1 fully saturated rings. The molecule has 1 aromatic rings. The van der Waals surface area contributed by atoms with Crippen LogP contribution in [0.3, 0.4) is 0 Å². The predicted octanol–water partition coefficient (Wildman–Crippen LogP) is 2.39. The molecule has 0 aliphatic heterocycles. The molecule has 1 saturated carbocycles. The molecule has 0 unspecified atom stereocenters. The van der Waals surface area contributed by atoms with Crippen LogP contribution in [0.5, 0.6) is 0 Å². The highest BCUT2D eigenvalue weighted by atomic mass is 16.5. The van der Waals surface area contributed by atoms with Crippen LogP contribution in [0.25, 0.3) is 0 Å². The highest BCUT2D eigenvalue weighted by molar-refractivity contribution is 5.71. The lowest BCUT2D eigenvalue weighted by Crippen LogP contribution is -2.32. The Morgan fingerprint density at radius 1 is 1.50 bits per heavy atom. The van der Waals surface area contributed by atoms with Gasteiger partial charge in [-0.15, -0.1) is 0 Å². The van der Waals surface area contributed by atoms with Crippen molar-refractivity contribution in [1.29, 1.82) is 5.26 Å². The van der Waals surface area contributed by atoms with Gasteiger partial charge in [0.2, 0.25) is 0 Å². The molecule has 0 N–H and O–H groups in total. The molecule has 4 heteroatoms. The number of nitriles is 1. The Morgan fingerprint density at radius 3 is 2.80 bits per heavy atom. The molecule has 2 rings (SSSR count). The van der Waals surface area contributed by atoms with Crippen LogP contribution in [0, 0.1) is 18.3 Å². The summed E-state index contributed by atoms with van der Waals surface area (Å²) in [6.07, 6.45) is 2.30. The maximum absolute atomic E-state index is 11.7. The van der Waals surface area contributed by atoms with Crippen LogP contribution in [-0.2, 0) is 16.1 Å². The number of nitrogens with zero attached hydrogens (tertiary/aromatic N) is 2. The summed E-state index contributed by atoms with van der Waals surface area (Å²) >= 11 is 0. The normalized spacial score (nSPS) is 14.1. The summed E-state index contributed by atoms with van der Waals surface area (Å²) < 4.78 is 5.03. The van der Waals surface area contributed by atoms with E-state index in [1.165, 1.54) is 5.56 Å². The first-order valence-electron chi connectivity index (χ1n) is 7.03. The Labute approximate surface area is 120 Å². The van der Waals surface area contributed by atoms with Crippen LogP contribution in [-0.4, -0.2) is 30.1 Å². The van der Waals surface area contributed by atoms with Gasteiger partial charge in [0.05, 0.1) is 24.8 Å². The molecule has 0 heterocycles. The van der Waals surface area contributed by atoms with Crippen LogP contribution in [0.2, 0.25) is 0 Å². The van der Waals surface area contributed by atoms with E-state index in [4.69, 9.17) is 10.00 Å². The van der Waals surface area contributed by atoms with Crippen molar-refractivity contribution in [3.63, 3.8) is 0 Å². The smallest absolute Gasteiger partial charge is 0.320 e. The number of rotatable bonds is 6. The lowest BCUT2D eigenvalue weighted by molar-refractivity contribution is -0.144. The quantitative estimate of drug-likeness (QED) is 0.746. The monoisotopic (exact) mass is 272 g/mol. The SMILES string of the molecule is CCOC(=O)CN(Cc1ccc(C#N)cc1C)C1CC1. The summed E-state index contributed by atoms with van der Waals surface area (Å²) in [5, 5.41) is 8.89. The van der Waals surface area contributed by atoms with Crippen molar-refractivity contribution < 1.29 is 9.53 Å². The minimum Gasteiger partial charge on any atom is -0.465 e. The number of carbonyl (C=O) groups is 1. The summed E-state index contributed by atoms with van der Waals surface area (Å²) in [4.78, 5) is 13.8. The largest absolute Gasteiger partial charge is 0.465 e. The Morgan fingerprint density at radius 2 is 2.25 bits per heavy atom. The van der Waals surface area contributed by atoms with E-state index in [0.717, 1.165) is 24.9 Å². The summed E-state index contributed by atoms with van der Waals surface area (Å²) in [5.41, 5.74) is 2.94. The lowest BCUT2D eigenvalue weighted by atomic mass is 10.1. The highest BCUT2D eigenvalue weighted by Crippen LogP contribution is 2.28. The summed E-state index contributed by atoms with van der Waals surface area (Å²) in [6.45, 7) is 5.34. The number of carbonyl (C=O) groups excluding carboxylic acids is 1. The van der Waals surface area contributed by atoms with Crippen molar-refractivity contribution in [3.8, 4) is 6.07 Å². The topological polar surface area (TPSA) is 53.3 Å². The van der Waals surface area contributed by atoms with Crippen LogP contribution in [0.15, 0.2) is 18.2 Å². The lowest BCUT2D eigenvalue weighted by Gasteiger charge is -2.22. The zero-order chi connectivity index (χ0) is 14.5. The Kier molecular flexibility index (Phi) is 4.75. The third-order valence-electron chi connectivity index (χ3n) is 3.55. The van der Waals surface area contributed by atoms with E-state index in [0.29, 0.717) is 24.8 Å². The van der Waals surface area contributed by atoms with Crippen LogP contribution >= 0.6 is 0 Å². The van der Waals surface area contributed by atoms with Gasteiger partial charge in [0, 0.05) is 12.6 Å². The molecule has 0 aromatic heterocycles. The van der Waals surface area contributed by atoms with Gasteiger partial charge in [-0.2, -0.15) is 5.26 Å². The van der Waals surface area contributed by atoms with Gasteiger partial charge < -0.3 is 4.74 Å². The van der Waals surface area contributed by atoms with Crippen molar-refractivity contribution in [2.45, 2.75) is 39.3 Å². The number of benzene rings is 1. The van der Waals surface area contributed by atoms with Gasteiger partial charge in [-0.25, -0.2) is 0 Å². The second-order valence-electron chi connectivity index (χ2n) is 5.19. The molecule has 0 spiro atoms. The summed E-state index contributed by atoms with van der Waals surface area (Å²) in [6, 6.07) is 8.34. The maximum atomic E-state index is 11.7. The molecule has 0 radical (unpaired) electrons. The third-order valence-corrected chi connectivity index (χ3v) is 3.55. The molecule has 20 heavy (non-hydrogen) atoms. The fourth-order valence-corrected chi connectivity index (χ4v) is 2.29. The Balaban J connectivity index is 2.05. The number of ether oxygens (including phenoxy) is 1. The first-order valence-corrected chi connectivity index (χ1v) is 7.03. The molecule has 0 amide bonds. The van der Waals surface area contributed by atoms with Crippen molar-refractivity contribution in [2.75, 3.05) is 13.2 Å². The van der Waals surface area contributed by atoms with Crippen LogP contribution in [0.4, 0.5) is 0 Å². The van der Waals surface area contributed by atoms with E-state index >= 15 is 0 Å². The molecule has 0 bridgehead atoms. The van der Waals surface area contributed by atoms with Gasteiger partial charge >= 0.3 is 5.97 Å². The van der Waals surface area contributed by atoms with E-state index < -0.39 is 0 Å². The molecule has 4 nitrogen and oxygen atoms in total. The predicted molar refractivity (Wildman–Crippen MR) is 76.0 cm³/mol. The molecule has 1 aliphatic carbocycles. The first-order chi connectivity index (χ1) is 9.63. The third kappa shape index (κ3) is 3.82. The molecule has 0 saturated heterocycles. The molecular weight excluding hydrogens is 252 g/mol. The zero-order valence-electron chi connectivity index (χ0n) is 12.1. The molecule has 1 aromatic carbocycles. The average Bonchev–Trinajstić information content (AvgIpc) is 3.24. The maximum Gasteiger partial charge on any atom is 0.320 e. The summed E-state index contributed by atoms with van der Waals surface area (Å²) in [5.74, 6) is -0.161. The zero-order valence-corrected chi connectivity index (χ0v) is 12.1. The molecule has 106 valence electrons. The molecule has 1 aliphatic rings. The van der Waals surface area contributed by atoms with E-state index in [-0.39, 0.29) is 5.97 Å². The van der Waals surface area contributed by atoms with Gasteiger partial charge in [0.25, 0.3) is 0 Å². The van der Waals surface area contributed by atoms with Crippen molar-refractivity contribution >= 4 is 5.97 Å².